The molecule has 1 aromatic heterocycles. The molecule has 0 spiro atoms. The first-order valence-electron chi connectivity index (χ1n) is 9.39. The van der Waals surface area contributed by atoms with E-state index in [-0.39, 0.29) is 11.8 Å². The maximum atomic E-state index is 12.0. The number of amides is 1. The van der Waals surface area contributed by atoms with Crippen LogP contribution in [0.1, 0.15) is 69.7 Å². The Kier molecular flexibility index (Phi) is 8.12. The molecule has 6 heteroatoms. The second kappa shape index (κ2) is 10.6. The van der Waals surface area contributed by atoms with Crippen molar-refractivity contribution in [2.24, 2.45) is 0 Å². The highest BCUT2D eigenvalue weighted by Crippen LogP contribution is 2.14. The van der Waals surface area contributed by atoms with Gasteiger partial charge < -0.3 is 14.6 Å². The minimum absolute atomic E-state index is 0.0194. The molecule has 0 aliphatic heterocycles. The van der Waals surface area contributed by atoms with Gasteiger partial charge in [0.15, 0.2) is 5.82 Å². The number of aryl methyl sites for hydroxylation is 1. The number of nitrogens with one attached hydrogen (secondary N) is 1. The zero-order chi connectivity index (χ0) is 18.8. The van der Waals surface area contributed by atoms with Crippen molar-refractivity contribution in [3.63, 3.8) is 0 Å². The van der Waals surface area contributed by atoms with Crippen LogP contribution in [0.3, 0.4) is 0 Å². The molecular weight excluding hydrogens is 330 g/mol. The van der Waals surface area contributed by atoms with Crippen molar-refractivity contribution in [2.75, 3.05) is 6.61 Å². The van der Waals surface area contributed by atoms with Crippen molar-refractivity contribution in [1.29, 1.82) is 0 Å². The molecule has 1 N–H and O–H groups in total. The fraction of sp³-hybridized carbons (Fsp3) is 0.550. The van der Waals surface area contributed by atoms with Gasteiger partial charge in [0.05, 0.1) is 6.61 Å². The Hall–Kier alpha value is -2.37. The molecule has 0 unspecified atom stereocenters. The minimum atomic E-state index is 0.0194. The van der Waals surface area contributed by atoms with Gasteiger partial charge in [-0.15, -0.1) is 0 Å². The van der Waals surface area contributed by atoms with Crippen molar-refractivity contribution in [1.82, 2.24) is 15.5 Å². The number of unbranched alkanes of at least 4 members (excludes halogenated alkanes) is 1. The Balaban J connectivity index is 1.68. The molecule has 2 rings (SSSR count). The standard InChI is InChI=1S/C20H29N3O3/c1-4-5-12-25-17-9-6-8-16(13-17)14-21-18(24)10-7-11-19-22-20(15(2)3)23-26-19/h6,8-9,13,15H,4-5,7,10-12,14H2,1-3H3,(H,21,24). The number of aromatic nitrogens is 2. The number of carbonyl (C=O) groups is 1. The van der Waals surface area contributed by atoms with E-state index in [0.717, 1.165) is 30.8 Å². The monoisotopic (exact) mass is 359 g/mol. The Morgan fingerprint density at radius 3 is 2.88 bits per heavy atom. The summed E-state index contributed by atoms with van der Waals surface area (Å²) < 4.78 is 10.9. The van der Waals surface area contributed by atoms with E-state index >= 15 is 0 Å². The van der Waals surface area contributed by atoms with E-state index in [1.54, 1.807) is 0 Å². The van der Waals surface area contributed by atoms with Crippen molar-refractivity contribution in [3.8, 4) is 5.75 Å². The summed E-state index contributed by atoms with van der Waals surface area (Å²) in [5, 5.41) is 6.87. The molecule has 1 aromatic carbocycles. The summed E-state index contributed by atoms with van der Waals surface area (Å²) in [5.41, 5.74) is 1.03. The van der Waals surface area contributed by atoms with Crippen molar-refractivity contribution < 1.29 is 14.1 Å². The Labute approximate surface area is 155 Å². The third-order valence-electron chi connectivity index (χ3n) is 3.95. The van der Waals surface area contributed by atoms with Crippen LogP contribution in [-0.4, -0.2) is 22.7 Å². The van der Waals surface area contributed by atoms with Crippen LogP contribution in [0.25, 0.3) is 0 Å². The lowest BCUT2D eigenvalue weighted by Crippen LogP contribution is -2.22. The fourth-order valence-corrected chi connectivity index (χ4v) is 2.37. The average molecular weight is 359 g/mol. The molecule has 0 atom stereocenters. The van der Waals surface area contributed by atoms with Crippen LogP contribution in [-0.2, 0) is 17.8 Å². The normalized spacial score (nSPS) is 10.9. The molecule has 26 heavy (non-hydrogen) atoms. The van der Waals surface area contributed by atoms with E-state index in [9.17, 15) is 4.79 Å². The molecule has 0 aliphatic carbocycles. The summed E-state index contributed by atoms with van der Waals surface area (Å²) in [6.45, 7) is 7.40. The Morgan fingerprint density at radius 1 is 1.31 bits per heavy atom. The first-order chi connectivity index (χ1) is 12.6. The summed E-state index contributed by atoms with van der Waals surface area (Å²) in [6.07, 6.45) is 3.89. The van der Waals surface area contributed by atoms with Crippen molar-refractivity contribution >= 4 is 5.91 Å². The third kappa shape index (κ3) is 6.86. The first kappa shape index (κ1) is 19.9. The number of ether oxygens (including phenoxy) is 1. The van der Waals surface area contributed by atoms with E-state index in [0.29, 0.717) is 37.5 Å². The molecule has 1 heterocycles. The second-order valence-electron chi connectivity index (χ2n) is 6.68. The van der Waals surface area contributed by atoms with Crippen molar-refractivity contribution in [3.05, 3.63) is 41.5 Å². The van der Waals surface area contributed by atoms with Gasteiger partial charge in [-0.05, 0) is 30.5 Å². The Morgan fingerprint density at radius 2 is 2.15 bits per heavy atom. The molecular formula is C20H29N3O3. The molecule has 0 saturated heterocycles. The number of benzene rings is 1. The molecule has 142 valence electrons. The second-order valence-corrected chi connectivity index (χ2v) is 6.68. The molecule has 0 aliphatic rings. The van der Waals surface area contributed by atoms with Gasteiger partial charge in [0.1, 0.15) is 5.75 Å². The van der Waals surface area contributed by atoms with Crippen LogP contribution < -0.4 is 10.1 Å². The molecule has 0 radical (unpaired) electrons. The molecule has 1 amide bonds. The van der Waals surface area contributed by atoms with Crippen LogP contribution in [0.2, 0.25) is 0 Å². The van der Waals surface area contributed by atoms with Crippen molar-refractivity contribution in [2.45, 2.75) is 65.3 Å². The average Bonchev–Trinajstić information content (AvgIpc) is 3.10. The maximum Gasteiger partial charge on any atom is 0.226 e. The topological polar surface area (TPSA) is 77.2 Å². The fourth-order valence-electron chi connectivity index (χ4n) is 2.37. The SMILES string of the molecule is CCCCOc1cccc(CNC(=O)CCCc2nc(C(C)C)no2)c1. The smallest absolute Gasteiger partial charge is 0.226 e. The van der Waals surface area contributed by atoms with Gasteiger partial charge in [0.2, 0.25) is 11.8 Å². The zero-order valence-electron chi connectivity index (χ0n) is 16.0. The quantitative estimate of drug-likeness (QED) is 0.613. The van der Waals surface area contributed by atoms with E-state index in [1.807, 2.05) is 38.1 Å². The first-order valence-corrected chi connectivity index (χ1v) is 9.39. The number of hydrogen-bond donors (Lipinski definition) is 1. The van der Waals surface area contributed by atoms with Gasteiger partial charge >= 0.3 is 0 Å². The summed E-state index contributed by atoms with van der Waals surface area (Å²) >= 11 is 0. The summed E-state index contributed by atoms with van der Waals surface area (Å²) in [4.78, 5) is 16.3. The minimum Gasteiger partial charge on any atom is -0.494 e. The number of hydrogen-bond acceptors (Lipinski definition) is 5. The van der Waals surface area contributed by atoms with Gasteiger partial charge in [-0.2, -0.15) is 4.98 Å². The highest BCUT2D eigenvalue weighted by molar-refractivity contribution is 5.75. The van der Waals surface area contributed by atoms with Gasteiger partial charge in [-0.1, -0.05) is 44.5 Å². The van der Waals surface area contributed by atoms with Gasteiger partial charge in [-0.3, -0.25) is 4.79 Å². The lowest BCUT2D eigenvalue weighted by molar-refractivity contribution is -0.121. The zero-order valence-corrected chi connectivity index (χ0v) is 16.0. The van der Waals surface area contributed by atoms with Crippen LogP contribution in [0.4, 0.5) is 0 Å². The Bertz CT molecular complexity index is 682. The lowest BCUT2D eigenvalue weighted by atomic mass is 10.2. The van der Waals surface area contributed by atoms with Gasteiger partial charge in [0, 0.05) is 25.3 Å². The highest BCUT2D eigenvalue weighted by atomic mass is 16.5. The highest BCUT2D eigenvalue weighted by Gasteiger charge is 2.10. The summed E-state index contributed by atoms with van der Waals surface area (Å²) in [7, 11) is 0. The number of nitrogens with zero attached hydrogens (tertiary/aromatic N) is 2. The van der Waals surface area contributed by atoms with Crippen LogP contribution >= 0.6 is 0 Å². The van der Waals surface area contributed by atoms with Crippen LogP contribution in [0.15, 0.2) is 28.8 Å². The van der Waals surface area contributed by atoms with Gasteiger partial charge in [-0.25, -0.2) is 0 Å². The van der Waals surface area contributed by atoms with E-state index < -0.39 is 0 Å². The molecule has 6 nitrogen and oxygen atoms in total. The molecule has 2 aromatic rings. The molecule has 0 bridgehead atoms. The molecule has 0 saturated carbocycles. The van der Waals surface area contributed by atoms with E-state index in [4.69, 9.17) is 9.26 Å². The van der Waals surface area contributed by atoms with Crippen LogP contribution in [0, 0.1) is 0 Å². The predicted molar refractivity (Wildman–Crippen MR) is 100 cm³/mol. The van der Waals surface area contributed by atoms with E-state index in [2.05, 4.69) is 22.4 Å². The summed E-state index contributed by atoms with van der Waals surface area (Å²) in [6, 6.07) is 7.85. The largest absolute Gasteiger partial charge is 0.494 e. The summed E-state index contributed by atoms with van der Waals surface area (Å²) in [5.74, 6) is 2.43. The maximum absolute atomic E-state index is 12.0. The van der Waals surface area contributed by atoms with E-state index in [1.165, 1.54) is 0 Å². The van der Waals surface area contributed by atoms with Gasteiger partial charge in [0.25, 0.3) is 0 Å². The number of rotatable bonds is 11. The number of carbonyl (C=O) groups excluding carboxylic acids is 1. The lowest BCUT2D eigenvalue weighted by Gasteiger charge is -2.08. The van der Waals surface area contributed by atoms with Crippen LogP contribution in [0.5, 0.6) is 5.75 Å². The molecule has 0 fully saturated rings. The predicted octanol–water partition coefficient (Wildman–Crippen LogP) is 4.01. The third-order valence-corrected chi connectivity index (χ3v) is 3.95.